The zero-order valence-electron chi connectivity index (χ0n) is 15.9. The zero-order valence-corrected chi connectivity index (χ0v) is 15.9. The summed E-state index contributed by atoms with van der Waals surface area (Å²) in [5, 5.41) is 2.22. The molecule has 4 amide bonds. The number of hydrogen-bond donors (Lipinski definition) is 1. The van der Waals surface area contributed by atoms with Crippen molar-refractivity contribution in [2.24, 2.45) is 0 Å². The number of rotatable bonds is 5. The summed E-state index contributed by atoms with van der Waals surface area (Å²) in [6, 6.07) is 24.4. The molecule has 0 aliphatic carbocycles. The predicted octanol–water partition coefficient (Wildman–Crippen LogP) is 3.93. The summed E-state index contributed by atoms with van der Waals surface area (Å²) in [7, 11) is 0. The molecule has 1 aliphatic heterocycles. The molecular weight excluding hydrogens is 380 g/mol. The largest absolute Gasteiger partial charge is 0.488 e. The molecule has 1 aliphatic rings. The molecule has 1 saturated heterocycles. The van der Waals surface area contributed by atoms with Gasteiger partial charge in [0.25, 0.3) is 11.8 Å². The molecule has 1 N–H and O–H groups in total. The van der Waals surface area contributed by atoms with Gasteiger partial charge in [-0.3, -0.25) is 14.9 Å². The van der Waals surface area contributed by atoms with E-state index in [4.69, 9.17) is 4.74 Å². The smallest absolute Gasteiger partial charge is 0.335 e. The number of nitrogens with zero attached hydrogens (tertiary/aromatic N) is 1. The Morgan fingerprint density at radius 3 is 2.17 bits per heavy atom. The SMILES string of the molecule is O=C1NC(=O)N(c2ccccc2)C(=O)/C1=C/c1ccccc1OCc1ccccc1. The van der Waals surface area contributed by atoms with Crippen LogP contribution in [0.3, 0.4) is 0 Å². The van der Waals surface area contributed by atoms with E-state index < -0.39 is 17.8 Å². The molecule has 6 heteroatoms. The van der Waals surface area contributed by atoms with Crippen molar-refractivity contribution in [3.05, 3.63) is 102 Å². The van der Waals surface area contributed by atoms with Gasteiger partial charge in [-0.15, -0.1) is 0 Å². The second-order valence-electron chi connectivity index (χ2n) is 6.61. The van der Waals surface area contributed by atoms with Crippen molar-refractivity contribution in [3.8, 4) is 5.75 Å². The predicted molar refractivity (Wildman–Crippen MR) is 113 cm³/mol. The molecule has 0 radical (unpaired) electrons. The molecule has 0 unspecified atom stereocenters. The minimum absolute atomic E-state index is 0.144. The lowest BCUT2D eigenvalue weighted by Gasteiger charge is -2.26. The Balaban J connectivity index is 1.64. The van der Waals surface area contributed by atoms with E-state index in [0.29, 0.717) is 23.6 Å². The number of imide groups is 2. The summed E-state index contributed by atoms with van der Waals surface area (Å²) in [5.74, 6) is -0.902. The van der Waals surface area contributed by atoms with Crippen LogP contribution in [0.4, 0.5) is 10.5 Å². The Morgan fingerprint density at radius 2 is 1.43 bits per heavy atom. The molecule has 4 rings (SSSR count). The van der Waals surface area contributed by atoms with Crippen LogP contribution in [0.2, 0.25) is 0 Å². The van der Waals surface area contributed by atoms with E-state index in [-0.39, 0.29) is 5.57 Å². The van der Waals surface area contributed by atoms with Gasteiger partial charge in [0.2, 0.25) is 0 Å². The monoisotopic (exact) mass is 398 g/mol. The summed E-state index contributed by atoms with van der Waals surface area (Å²) < 4.78 is 5.90. The highest BCUT2D eigenvalue weighted by molar-refractivity contribution is 6.39. The van der Waals surface area contributed by atoms with Crippen LogP contribution in [-0.2, 0) is 16.2 Å². The maximum absolute atomic E-state index is 13.0. The summed E-state index contributed by atoms with van der Waals surface area (Å²) in [4.78, 5) is 38.6. The maximum atomic E-state index is 13.0. The Kier molecular flexibility index (Phi) is 5.39. The van der Waals surface area contributed by atoms with Crippen molar-refractivity contribution >= 4 is 29.6 Å². The number of carbonyl (C=O) groups is 3. The lowest BCUT2D eigenvalue weighted by atomic mass is 10.1. The molecule has 0 atom stereocenters. The first-order valence-electron chi connectivity index (χ1n) is 9.36. The van der Waals surface area contributed by atoms with Crippen LogP contribution in [-0.4, -0.2) is 17.8 Å². The third kappa shape index (κ3) is 3.98. The normalized spacial score (nSPS) is 15.3. The third-order valence-corrected chi connectivity index (χ3v) is 4.57. The molecule has 0 spiro atoms. The fourth-order valence-electron chi connectivity index (χ4n) is 3.09. The van der Waals surface area contributed by atoms with Crippen LogP contribution in [0.5, 0.6) is 5.75 Å². The van der Waals surface area contributed by atoms with Gasteiger partial charge in [-0.05, 0) is 29.8 Å². The van der Waals surface area contributed by atoms with Crippen molar-refractivity contribution in [1.82, 2.24) is 5.32 Å². The first-order chi connectivity index (χ1) is 14.6. The van der Waals surface area contributed by atoms with Gasteiger partial charge >= 0.3 is 6.03 Å². The summed E-state index contributed by atoms with van der Waals surface area (Å²) in [6.45, 7) is 0.343. The van der Waals surface area contributed by atoms with Gasteiger partial charge in [0, 0.05) is 5.56 Å². The van der Waals surface area contributed by atoms with Crippen LogP contribution < -0.4 is 15.0 Å². The third-order valence-electron chi connectivity index (χ3n) is 4.57. The quantitative estimate of drug-likeness (QED) is 0.522. The highest BCUT2D eigenvalue weighted by Gasteiger charge is 2.36. The molecule has 0 aromatic heterocycles. The average Bonchev–Trinajstić information content (AvgIpc) is 2.77. The number of para-hydroxylation sites is 2. The number of anilines is 1. The number of nitrogens with one attached hydrogen (secondary N) is 1. The number of hydrogen-bond acceptors (Lipinski definition) is 4. The first-order valence-corrected chi connectivity index (χ1v) is 9.36. The molecule has 0 bridgehead atoms. The van der Waals surface area contributed by atoms with Crippen LogP contribution >= 0.6 is 0 Å². The number of benzene rings is 3. The topological polar surface area (TPSA) is 75.7 Å². The van der Waals surface area contributed by atoms with Crippen LogP contribution in [0.1, 0.15) is 11.1 Å². The van der Waals surface area contributed by atoms with E-state index in [0.717, 1.165) is 10.5 Å². The standard InChI is InChI=1S/C24H18N2O4/c27-22-20(23(28)26(24(29)25-22)19-12-5-2-6-13-19)15-18-11-7-8-14-21(18)30-16-17-9-3-1-4-10-17/h1-15H,16H2,(H,25,27,29)/b20-15+. The highest BCUT2D eigenvalue weighted by atomic mass is 16.5. The van der Waals surface area contributed by atoms with Crippen molar-refractivity contribution in [1.29, 1.82) is 0 Å². The van der Waals surface area contributed by atoms with Gasteiger partial charge in [0.05, 0.1) is 5.69 Å². The fraction of sp³-hybridized carbons (Fsp3) is 0.0417. The van der Waals surface area contributed by atoms with Gasteiger partial charge in [-0.1, -0.05) is 66.7 Å². The van der Waals surface area contributed by atoms with Crippen molar-refractivity contribution in [2.75, 3.05) is 4.90 Å². The highest BCUT2D eigenvalue weighted by Crippen LogP contribution is 2.26. The Hall–Kier alpha value is -4.19. The minimum atomic E-state index is -0.776. The van der Waals surface area contributed by atoms with E-state index in [2.05, 4.69) is 5.32 Å². The molecule has 3 aromatic rings. The second kappa shape index (κ2) is 8.45. The van der Waals surface area contributed by atoms with Crippen molar-refractivity contribution in [2.45, 2.75) is 6.61 Å². The average molecular weight is 398 g/mol. The van der Waals surface area contributed by atoms with E-state index in [1.807, 2.05) is 36.4 Å². The van der Waals surface area contributed by atoms with Gasteiger partial charge < -0.3 is 4.74 Å². The number of carbonyl (C=O) groups excluding carboxylic acids is 3. The van der Waals surface area contributed by atoms with Crippen LogP contribution in [0, 0.1) is 0 Å². The van der Waals surface area contributed by atoms with E-state index in [9.17, 15) is 14.4 Å². The fourth-order valence-corrected chi connectivity index (χ4v) is 3.09. The lowest BCUT2D eigenvalue weighted by Crippen LogP contribution is -2.54. The summed E-state index contributed by atoms with van der Waals surface area (Å²) in [6.07, 6.45) is 1.44. The lowest BCUT2D eigenvalue weighted by molar-refractivity contribution is -0.122. The van der Waals surface area contributed by atoms with Gasteiger partial charge in [0.15, 0.2) is 0 Å². The first kappa shape index (κ1) is 19.1. The molecule has 30 heavy (non-hydrogen) atoms. The maximum Gasteiger partial charge on any atom is 0.335 e. The van der Waals surface area contributed by atoms with Crippen molar-refractivity contribution in [3.63, 3.8) is 0 Å². The van der Waals surface area contributed by atoms with Gasteiger partial charge in [-0.2, -0.15) is 0 Å². The molecule has 3 aromatic carbocycles. The Labute approximate surface area is 173 Å². The van der Waals surface area contributed by atoms with E-state index in [1.165, 1.54) is 6.08 Å². The number of urea groups is 1. The van der Waals surface area contributed by atoms with Crippen LogP contribution in [0.25, 0.3) is 6.08 Å². The number of ether oxygens (including phenoxy) is 1. The van der Waals surface area contributed by atoms with E-state index >= 15 is 0 Å². The second-order valence-corrected chi connectivity index (χ2v) is 6.61. The van der Waals surface area contributed by atoms with Crippen molar-refractivity contribution < 1.29 is 19.1 Å². The Bertz CT molecular complexity index is 1120. The summed E-state index contributed by atoms with van der Waals surface area (Å²) in [5.41, 5.74) is 1.79. The zero-order chi connectivity index (χ0) is 20.9. The molecule has 0 saturated carbocycles. The molecule has 1 fully saturated rings. The molecule has 1 heterocycles. The molecule has 148 valence electrons. The minimum Gasteiger partial charge on any atom is -0.488 e. The molecule has 6 nitrogen and oxygen atoms in total. The Morgan fingerprint density at radius 1 is 0.800 bits per heavy atom. The summed E-state index contributed by atoms with van der Waals surface area (Å²) >= 11 is 0. The molecular formula is C24H18N2O4. The van der Waals surface area contributed by atoms with E-state index in [1.54, 1.807) is 48.5 Å². The van der Waals surface area contributed by atoms with Gasteiger partial charge in [-0.25, -0.2) is 9.69 Å². The number of amides is 4. The number of barbiturate groups is 1. The van der Waals surface area contributed by atoms with Gasteiger partial charge in [0.1, 0.15) is 17.9 Å². The van der Waals surface area contributed by atoms with Crippen LogP contribution in [0.15, 0.2) is 90.5 Å².